The standard InChI is InChI=1S/C13H21N9O7/c1-3(23)11-10(27)8(25)6(19-22-16)13(28-11)29-12-5(18-21-15)2-4(17-20-14)7(24)9(12)26/h3-13,23-27H,2H2,1H3/t3?,4-,5?,6?,7?,8-,9?,10+,11?,12-,13-/m1/s1. The van der Waals surface area contributed by atoms with Crippen molar-refractivity contribution in [1.82, 2.24) is 0 Å². The number of rotatable bonds is 6. The van der Waals surface area contributed by atoms with Crippen LogP contribution in [-0.4, -0.2) is 92.7 Å². The smallest absolute Gasteiger partial charge is 0.169 e. The van der Waals surface area contributed by atoms with E-state index in [1.165, 1.54) is 6.92 Å². The van der Waals surface area contributed by atoms with Crippen LogP contribution in [0.2, 0.25) is 0 Å². The van der Waals surface area contributed by atoms with Crippen molar-refractivity contribution in [2.45, 2.75) is 80.5 Å². The van der Waals surface area contributed by atoms with E-state index in [1.54, 1.807) is 0 Å². The van der Waals surface area contributed by atoms with Gasteiger partial charge in [-0.2, -0.15) is 0 Å². The number of hydrogen-bond donors (Lipinski definition) is 5. The van der Waals surface area contributed by atoms with Crippen molar-refractivity contribution in [3.05, 3.63) is 31.3 Å². The molecule has 1 saturated carbocycles. The molecule has 29 heavy (non-hydrogen) atoms. The van der Waals surface area contributed by atoms with Gasteiger partial charge in [-0.05, 0) is 29.9 Å². The van der Waals surface area contributed by atoms with Gasteiger partial charge in [-0.25, -0.2) is 0 Å². The van der Waals surface area contributed by atoms with Crippen molar-refractivity contribution in [1.29, 1.82) is 0 Å². The van der Waals surface area contributed by atoms with E-state index in [9.17, 15) is 25.5 Å². The Hall–Kier alpha value is -2.35. The van der Waals surface area contributed by atoms with Crippen LogP contribution >= 0.6 is 0 Å². The zero-order valence-corrected chi connectivity index (χ0v) is 15.1. The van der Waals surface area contributed by atoms with Gasteiger partial charge in [-0.3, -0.25) is 0 Å². The van der Waals surface area contributed by atoms with Crippen molar-refractivity contribution in [2.24, 2.45) is 15.3 Å². The molecule has 2 rings (SSSR count). The number of aliphatic hydroxyl groups excluding tert-OH is 5. The molecule has 0 amide bonds. The van der Waals surface area contributed by atoms with E-state index in [2.05, 4.69) is 30.1 Å². The highest BCUT2D eigenvalue weighted by Crippen LogP contribution is 2.33. The Morgan fingerprint density at radius 2 is 1.48 bits per heavy atom. The Balaban J connectivity index is 2.34. The van der Waals surface area contributed by atoms with Gasteiger partial charge < -0.3 is 35.0 Å². The maximum Gasteiger partial charge on any atom is 0.169 e. The lowest BCUT2D eigenvalue weighted by Gasteiger charge is -2.46. The highest BCUT2D eigenvalue weighted by Gasteiger charge is 2.50. The quantitative estimate of drug-likeness (QED) is 0.212. The molecular formula is C13H21N9O7. The van der Waals surface area contributed by atoms with Crippen LogP contribution in [0.4, 0.5) is 0 Å². The maximum absolute atomic E-state index is 10.4. The summed E-state index contributed by atoms with van der Waals surface area (Å²) >= 11 is 0. The Kier molecular flexibility index (Phi) is 7.84. The van der Waals surface area contributed by atoms with E-state index in [-0.39, 0.29) is 6.42 Å². The lowest BCUT2D eigenvalue weighted by molar-refractivity contribution is -0.301. The summed E-state index contributed by atoms with van der Waals surface area (Å²) in [5.74, 6) is 0. The van der Waals surface area contributed by atoms with E-state index in [4.69, 9.17) is 26.1 Å². The van der Waals surface area contributed by atoms with Gasteiger partial charge in [0.25, 0.3) is 0 Å². The van der Waals surface area contributed by atoms with Crippen LogP contribution in [0.25, 0.3) is 31.3 Å². The molecule has 11 atom stereocenters. The second-order valence-electron chi connectivity index (χ2n) is 6.75. The summed E-state index contributed by atoms with van der Waals surface area (Å²) in [5, 5.41) is 60.9. The molecule has 16 nitrogen and oxygen atoms in total. The summed E-state index contributed by atoms with van der Waals surface area (Å²) in [5.41, 5.74) is 26.1. The topological polar surface area (TPSA) is 266 Å². The zero-order valence-electron chi connectivity index (χ0n) is 15.1. The molecule has 0 spiro atoms. The minimum atomic E-state index is -1.70. The number of nitrogens with zero attached hydrogens (tertiary/aromatic N) is 9. The van der Waals surface area contributed by atoms with Gasteiger partial charge in [0.1, 0.15) is 24.4 Å². The number of azide groups is 3. The molecule has 6 unspecified atom stereocenters. The fourth-order valence-electron chi connectivity index (χ4n) is 3.42. The van der Waals surface area contributed by atoms with Gasteiger partial charge >= 0.3 is 0 Å². The van der Waals surface area contributed by atoms with Crippen molar-refractivity contribution >= 4 is 0 Å². The molecule has 0 aromatic heterocycles. The summed E-state index contributed by atoms with van der Waals surface area (Å²) in [7, 11) is 0. The lowest BCUT2D eigenvalue weighted by atomic mass is 9.84. The fourth-order valence-corrected chi connectivity index (χ4v) is 3.42. The van der Waals surface area contributed by atoms with Crippen molar-refractivity contribution in [2.75, 3.05) is 0 Å². The van der Waals surface area contributed by atoms with Crippen molar-refractivity contribution < 1.29 is 35.0 Å². The Morgan fingerprint density at radius 3 is 2.03 bits per heavy atom. The summed E-state index contributed by atoms with van der Waals surface area (Å²) < 4.78 is 11.0. The second-order valence-corrected chi connectivity index (χ2v) is 6.75. The van der Waals surface area contributed by atoms with Crippen LogP contribution in [0.1, 0.15) is 13.3 Å². The first-order valence-electron chi connectivity index (χ1n) is 8.60. The minimum Gasteiger partial charge on any atom is -0.391 e. The monoisotopic (exact) mass is 415 g/mol. The molecule has 1 aliphatic carbocycles. The van der Waals surface area contributed by atoms with E-state index in [0.29, 0.717) is 0 Å². The maximum atomic E-state index is 10.4. The largest absolute Gasteiger partial charge is 0.391 e. The second kappa shape index (κ2) is 9.91. The molecule has 2 fully saturated rings. The van der Waals surface area contributed by atoms with Crippen LogP contribution in [0.5, 0.6) is 0 Å². The van der Waals surface area contributed by atoms with Crippen LogP contribution in [0.3, 0.4) is 0 Å². The predicted octanol–water partition coefficient (Wildman–Crippen LogP) is -0.639. The molecular weight excluding hydrogens is 394 g/mol. The molecule has 0 aromatic carbocycles. The van der Waals surface area contributed by atoms with Crippen LogP contribution < -0.4 is 0 Å². The number of ether oxygens (including phenoxy) is 2. The summed E-state index contributed by atoms with van der Waals surface area (Å²) in [6, 6.07) is -3.68. The summed E-state index contributed by atoms with van der Waals surface area (Å²) in [4.78, 5) is 7.79. The summed E-state index contributed by atoms with van der Waals surface area (Å²) in [6.45, 7) is 1.29. The lowest BCUT2D eigenvalue weighted by Crippen LogP contribution is -2.63. The van der Waals surface area contributed by atoms with Crippen molar-refractivity contribution in [3.8, 4) is 0 Å². The van der Waals surface area contributed by atoms with Gasteiger partial charge in [-0.1, -0.05) is 15.3 Å². The Morgan fingerprint density at radius 1 is 0.897 bits per heavy atom. The number of aliphatic hydroxyl groups is 5. The Bertz CT molecular complexity index is 721. The number of hydrogen-bond acceptors (Lipinski definition) is 10. The minimum absolute atomic E-state index is 0.166. The summed E-state index contributed by atoms with van der Waals surface area (Å²) in [6.07, 6.45) is -12.2. The zero-order chi connectivity index (χ0) is 21.7. The van der Waals surface area contributed by atoms with Gasteiger partial charge in [0, 0.05) is 14.7 Å². The third kappa shape index (κ3) is 4.80. The third-order valence-corrected chi connectivity index (χ3v) is 4.90. The Labute approximate surface area is 163 Å². The highest BCUT2D eigenvalue weighted by molar-refractivity contribution is 5.02. The molecule has 2 aliphatic rings. The van der Waals surface area contributed by atoms with E-state index < -0.39 is 67.1 Å². The predicted molar refractivity (Wildman–Crippen MR) is 92.7 cm³/mol. The molecule has 160 valence electrons. The average Bonchev–Trinajstić information content (AvgIpc) is 2.68. The van der Waals surface area contributed by atoms with Gasteiger partial charge in [0.05, 0.1) is 36.5 Å². The van der Waals surface area contributed by atoms with E-state index >= 15 is 0 Å². The highest BCUT2D eigenvalue weighted by atomic mass is 16.7. The molecule has 1 heterocycles. The van der Waals surface area contributed by atoms with E-state index in [1.807, 2.05) is 0 Å². The first kappa shape index (κ1) is 22.9. The SMILES string of the molecule is CC(O)C1O[C@H](O[C@@H]2C(N=[N+]=[N-])C[C@@H](N=[N+]=[N-])C(O)C2O)C(N=[N+]=[N-])[C@@H](O)[C@@H]1O. The third-order valence-electron chi connectivity index (χ3n) is 4.90. The molecule has 0 bridgehead atoms. The average molecular weight is 415 g/mol. The van der Waals surface area contributed by atoms with Crippen molar-refractivity contribution in [3.63, 3.8) is 0 Å². The normalized spacial score (nSPS) is 43.2. The van der Waals surface area contributed by atoms with Gasteiger partial charge in [0.15, 0.2) is 6.29 Å². The van der Waals surface area contributed by atoms with Gasteiger partial charge in [0.2, 0.25) is 0 Å². The first-order chi connectivity index (χ1) is 13.8. The van der Waals surface area contributed by atoms with E-state index in [0.717, 1.165) is 0 Å². The fraction of sp³-hybridized carbons (Fsp3) is 1.00. The molecule has 5 N–H and O–H groups in total. The van der Waals surface area contributed by atoms with Crippen LogP contribution in [-0.2, 0) is 9.47 Å². The molecule has 1 aliphatic heterocycles. The first-order valence-corrected chi connectivity index (χ1v) is 8.60. The van der Waals surface area contributed by atoms with Crippen LogP contribution in [0.15, 0.2) is 15.3 Å². The van der Waals surface area contributed by atoms with Gasteiger partial charge in [-0.15, -0.1) is 0 Å². The van der Waals surface area contributed by atoms with Crippen LogP contribution in [0, 0.1) is 0 Å². The molecule has 1 saturated heterocycles. The molecule has 0 radical (unpaired) electrons. The molecule has 0 aromatic rings. The molecule has 16 heteroatoms.